The van der Waals surface area contributed by atoms with Crippen molar-refractivity contribution in [1.82, 2.24) is 4.90 Å². The molecule has 21 heavy (non-hydrogen) atoms. The Morgan fingerprint density at radius 2 is 2.10 bits per heavy atom. The van der Waals surface area contributed by atoms with Gasteiger partial charge in [0.1, 0.15) is 11.7 Å². The van der Waals surface area contributed by atoms with Crippen molar-refractivity contribution in [2.75, 3.05) is 18.9 Å². The van der Waals surface area contributed by atoms with E-state index in [9.17, 15) is 22.8 Å². The number of hydrogen-bond donors (Lipinski definition) is 1. The van der Waals surface area contributed by atoms with Gasteiger partial charge < -0.3 is 10.2 Å². The lowest BCUT2D eigenvalue weighted by atomic mass is 10.0. The van der Waals surface area contributed by atoms with Gasteiger partial charge in [0, 0.05) is 20.5 Å². The Balaban J connectivity index is 2.27. The van der Waals surface area contributed by atoms with Crippen molar-refractivity contribution in [3.05, 3.63) is 29.6 Å². The highest BCUT2D eigenvalue weighted by atomic mass is 19.3. The first-order valence-electron chi connectivity index (χ1n) is 6.44. The molecule has 1 aromatic rings. The number of rotatable bonds is 3. The number of alkyl halides is 2. The number of benzene rings is 1. The summed E-state index contributed by atoms with van der Waals surface area (Å²) >= 11 is 0. The minimum absolute atomic E-state index is 0.310. The number of likely N-dealkylation sites (tertiary alicyclic amines) is 1. The zero-order valence-electron chi connectivity index (χ0n) is 11.6. The van der Waals surface area contributed by atoms with Gasteiger partial charge in [-0.1, -0.05) is 6.07 Å². The molecule has 2 rings (SSSR count). The van der Waals surface area contributed by atoms with Crippen LogP contribution in [0.2, 0.25) is 0 Å². The SMILES string of the molecule is CN1CC[C@@H](C(=O)Nc2cccc(F)c2C(C)(F)F)C1=O. The van der Waals surface area contributed by atoms with E-state index >= 15 is 0 Å². The first kappa shape index (κ1) is 15.3. The number of anilines is 1. The fraction of sp³-hybridized carbons (Fsp3) is 0.429. The van der Waals surface area contributed by atoms with Crippen LogP contribution in [0.15, 0.2) is 18.2 Å². The van der Waals surface area contributed by atoms with Crippen LogP contribution in [0.4, 0.5) is 18.9 Å². The third-order valence-corrected chi connectivity index (χ3v) is 3.45. The Hall–Kier alpha value is -2.05. The highest BCUT2D eigenvalue weighted by Crippen LogP contribution is 2.35. The average molecular weight is 300 g/mol. The number of nitrogens with one attached hydrogen (secondary N) is 1. The molecule has 0 radical (unpaired) electrons. The fourth-order valence-electron chi connectivity index (χ4n) is 2.36. The van der Waals surface area contributed by atoms with Crippen molar-refractivity contribution in [3.63, 3.8) is 0 Å². The summed E-state index contributed by atoms with van der Waals surface area (Å²) in [6.45, 7) is 0.979. The Morgan fingerprint density at radius 1 is 1.43 bits per heavy atom. The molecule has 2 amide bonds. The van der Waals surface area contributed by atoms with Gasteiger partial charge in [-0.15, -0.1) is 0 Å². The monoisotopic (exact) mass is 300 g/mol. The maximum absolute atomic E-state index is 13.6. The van der Waals surface area contributed by atoms with Crippen molar-refractivity contribution in [2.45, 2.75) is 19.3 Å². The lowest BCUT2D eigenvalue weighted by Gasteiger charge is -2.18. The van der Waals surface area contributed by atoms with Crippen molar-refractivity contribution in [1.29, 1.82) is 0 Å². The van der Waals surface area contributed by atoms with E-state index in [-0.39, 0.29) is 11.6 Å². The molecule has 1 heterocycles. The van der Waals surface area contributed by atoms with Gasteiger partial charge in [-0.3, -0.25) is 9.59 Å². The lowest BCUT2D eigenvalue weighted by molar-refractivity contribution is -0.134. The summed E-state index contributed by atoms with van der Waals surface area (Å²) in [5, 5.41) is 2.24. The molecule has 4 nitrogen and oxygen atoms in total. The summed E-state index contributed by atoms with van der Waals surface area (Å²) in [6, 6.07) is 3.32. The molecule has 0 bridgehead atoms. The van der Waals surface area contributed by atoms with Crippen LogP contribution in [-0.2, 0) is 15.5 Å². The summed E-state index contributed by atoms with van der Waals surface area (Å²) < 4.78 is 40.6. The van der Waals surface area contributed by atoms with Gasteiger partial charge >= 0.3 is 0 Å². The highest BCUT2D eigenvalue weighted by molar-refractivity contribution is 6.07. The first-order chi connectivity index (χ1) is 9.71. The fourth-order valence-corrected chi connectivity index (χ4v) is 2.36. The van der Waals surface area contributed by atoms with Crippen LogP contribution in [-0.4, -0.2) is 30.3 Å². The summed E-state index contributed by atoms with van der Waals surface area (Å²) in [5.74, 6) is -6.52. The molecule has 0 aromatic heterocycles. The van der Waals surface area contributed by atoms with Crippen LogP contribution in [0.3, 0.4) is 0 Å². The normalized spacial score (nSPS) is 19.0. The maximum Gasteiger partial charge on any atom is 0.275 e. The van der Waals surface area contributed by atoms with Crippen molar-refractivity contribution in [2.24, 2.45) is 5.92 Å². The van der Waals surface area contributed by atoms with E-state index in [1.54, 1.807) is 7.05 Å². The molecule has 0 aliphatic carbocycles. The molecule has 0 saturated carbocycles. The van der Waals surface area contributed by atoms with Crippen LogP contribution in [0, 0.1) is 11.7 Å². The Bertz CT molecular complexity index is 584. The summed E-state index contributed by atoms with van der Waals surface area (Å²) in [5.41, 5.74) is -1.19. The molecular formula is C14H15F3N2O2. The molecule has 7 heteroatoms. The Labute approximate surface area is 119 Å². The second kappa shape index (κ2) is 5.38. The van der Waals surface area contributed by atoms with Crippen molar-refractivity contribution in [3.8, 4) is 0 Å². The molecule has 1 N–H and O–H groups in total. The molecule has 1 saturated heterocycles. The van der Waals surface area contributed by atoms with Gasteiger partial charge in [-0.2, -0.15) is 0 Å². The number of hydrogen-bond acceptors (Lipinski definition) is 2. The zero-order valence-corrected chi connectivity index (χ0v) is 11.6. The quantitative estimate of drug-likeness (QED) is 0.871. The van der Waals surface area contributed by atoms with E-state index in [0.29, 0.717) is 19.9 Å². The Morgan fingerprint density at radius 3 is 2.62 bits per heavy atom. The summed E-state index contributed by atoms with van der Waals surface area (Å²) in [6.07, 6.45) is 0.314. The van der Waals surface area contributed by atoms with Gasteiger partial charge in [0.25, 0.3) is 5.92 Å². The lowest BCUT2D eigenvalue weighted by Crippen LogP contribution is -2.31. The first-order valence-corrected chi connectivity index (χ1v) is 6.44. The molecule has 1 aromatic carbocycles. The third-order valence-electron chi connectivity index (χ3n) is 3.45. The molecule has 1 aliphatic rings. The van der Waals surface area contributed by atoms with Crippen LogP contribution in [0.1, 0.15) is 18.9 Å². The zero-order chi connectivity index (χ0) is 15.8. The minimum atomic E-state index is -3.44. The van der Waals surface area contributed by atoms with Gasteiger partial charge in [0.05, 0.1) is 11.3 Å². The predicted molar refractivity (Wildman–Crippen MR) is 70.3 cm³/mol. The maximum atomic E-state index is 13.6. The van der Waals surface area contributed by atoms with E-state index in [0.717, 1.165) is 6.07 Å². The van der Waals surface area contributed by atoms with E-state index in [1.807, 2.05) is 0 Å². The number of amides is 2. The van der Waals surface area contributed by atoms with Gasteiger partial charge in [-0.25, -0.2) is 13.2 Å². The van der Waals surface area contributed by atoms with Gasteiger partial charge in [0.15, 0.2) is 0 Å². The smallest absolute Gasteiger partial charge is 0.275 e. The minimum Gasteiger partial charge on any atom is -0.345 e. The van der Waals surface area contributed by atoms with Crippen molar-refractivity contribution < 1.29 is 22.8 Å². The van der Waals surface area contributed by atoms with Crippen LogP contribution in [0.25, 0.3) is 0 Å². The molecule has 1 aliphatic heterocycles. The second-order valence-corrected chi connectivity index (χ2v) is 5.14. The summed E-state index contributed by atoms with van der Waals surface area (Å²) in [7, 11) is 1.56. The van der Waals surface area contributed by atoms with Crippen molar-refractivity contribution >= 4 is 17.5 Å². The molecule has 114 valence electrons. The van der Waals surface area contributed by atoms with Gasteiger partial charge in [-0.05, 0) is 18.6 Å². The molecule has 0 unspecified atom stereocenters. The third kappa shape index (κ3) is 3.01. The molecule has 0 spiro atoms. The van der Waals surface area contributed by atoms with Crippen LogP contribution < -0.4 is 5.32 Å². The van der Waals surface area contributed by atoms with Crippen LogP contribution in [0.5, 0.6) is 0 Å². The second-order valence-electron chi connectivity index (χ2n) is 5.14. The van der Waals surface area contributed by atoms with E-state index in [4.69, 9.17) is 0 Å². The summed E-state index contributed by atoms with van der Waals surface area (Å²) in [4.78, 5) is 25.2. The van der Waals surface area contributed by atoms with E-state index < -0.39 is 29.1 Å². The van der Waals surface area contributed by atoms with E-state index in [1.165, 1.54) is 17.0 Å². The highest BCUT2D eigenvalue weighted by Gasteiger charge is 2.37. The van der Waals surface area contributed by atoms with Crippen LogP contribution >= 0.6 is 0 Å². The standard InChI is InChI=1S/C14H15F3N2O2/c1-14(16,17)11-9(15)4-3-5-10(11)18-12(20)8-6-7-19(2)13(8)21/h3-5,8H,6-7H2,1-2H3,(H,18,20)/t8-/m0/s1. The number of nitrogens with zero attached hydrogens (tertiary/aromatic N) is 1. The number of carbonyl (C=O) groups excluding carboxylic acids is 2. The molecular weight excluding hydrogens is 285 g/mol. The molecule has 1 atom stereocenters. The Kier molecular flexibility index (Phi) is 3.93. The molecule has 1 fully saturated rings. The number of halogens is 3. The largest absolute Gasteiger partial charge is 0.345 e. The predicted octanol–water partition coefficient (Wildman–Crippen LogP) is 2.35. The number of carbonyl (C=O) groups is 2. The van der Waals surface area contributed by atoms with E-state index in [2.05, 4.69) is 5.32 Å². The average Bonchev–Trinajstić information content (AvgIpc) is 2.68. The topological polar surface area (TPSA) is 49.4 Å². The van der Waals surface area contributed by atoms with Gasteiger partial charge in [0.2, 0.25) is 11.8 Å².